The molecule has 0 radical (unpaired) electrons. The second-order valence-corrected chi connectivity index (χ2v) is 9.30. The van der Waals surface area contributed by atoms with Gasteiger partial charge in [0, 0.05) is 41.3 Å². The number of aromatic nitrogens is 1. The Morgan fingerprint density at radius 2 is 1.85 bits per heavy atom. The average molecular weight is 484 g/mol. The Kier molecular flexibility index (Phi) is 7.51. The number of hydrogen-bond acceptors (Lipinski definition) is 7. The van der Waals surface area contributed by atoms with E-state index in [0.29, 0.717) is 41.7 Å². The van der Waals surface area contributed by atoms with Gasteiger partial charge in [0.25, 0.3) is 5.91 Å². The van der Waals surface area contributed by atoms with Gasteiger partial charge in [0.15, 0.2) is 0 Å². The van der Waals surface area contributed by atoms with E-state index in [4.69, 9.17) is 9.47 Å². The Bertz CT molecular complexity index is 1100. The van der Waals surface area contributed by atoms with Crippen molar-refractivity contribution in [2.24, 2.45) is 0 Å². The molecule has 3 aromatic rings. The maximum Gasteiger partial charge on any atom is 0.255 e. The number of carbonyl (C=O) groups excluding carboxylic acids is 2. The molecular weight excluding hydrogens is 458 g/mol. The maximum atomic E-state index is 13.1. The van der Waals surface area contributed by atoms with Crippen LogP contribution >= 0.6 is 23.1 Å². The summed E-state index contributed by atoms with van der Waals surface area (Å²) < 4.78 is 10.5. The van der Waals surface area contributed by atoms with E-state index in [9.17, 15) is 9.59 Å². The Morgan fingerprint density at radius 3 is 2.55 bits per heavy atom. The lowest BCUT2D eigenvalue weighted by molar-refractivity contribution is -0.124. The van der Waals surface area contributed by atoms with E-state index in [1.807, 2.05) is 35.7 Å². The van der Waals surface area contributed by atoms with Crippen molar-refractivity contribution in [3.63, 3.8) is 0 Å². The monoisotopic (exact) mass is 483 g/mol. The van der Waals surface area contributed by atoms with Crippen LogP contribution in [-0.2, 0) is 11.2 Å². The predicted molar refractivity (Wildman–Crippen MR) is 131 cm³/mol. The van der Waals surface area contributed by atoms with Gasteiger partial charge in [-0.15, -0.1) is 23.1 Å². The molecule has 1 aromatic heterocycles. The zero-order valence-corrected chi connectivity index (χ0v) is 20.1. The standard InChI is InChI=1S/C24H25N3O4S2/c1-30-19-10-17(11-20(12-19)31-2)24(29)27-15-32-14-21(27)22(28)25-9-8-18-13-33-23(26-18)16-6-4-3-5-7-16/h3-7,10-13,21H,8-9,14-15H2,1-2H3,(H,25,28). The third-order valence-electron chi connectivity index (χ3n) is 5.30. The van der Waals surface area contributed by atoms with Gasteiger partial charge in [-0.25, -0.2) is 4.98 Å². The predicted octanol–water partition coefficient (Wildman–Crippen LogP) is 3.70. The van der Waals surface area contributed by atoms with Gasteiger partial charge in [-0.3, -0.25) is 9.59 Å². The molecule has 2 amide bonds. The molecule has 1 saturated heterocycles. The number of amides is 2. The number of rotatable bonds is 8. The molecule has 1 atom stereocenters. The lowest BCUT2D eigenvalue weighted by Gasteiger charge is -2.23. The molecule has 0 bridgehead atoms. The summed E-state index contributed by atoms with van der Waals surface area (Å²) in [4.78, 5) is 32.3. The molecule has 1 unspecified atom stereocenters. The first kappa shape index (κ1) is 23.1. The molecule has 2 heterocycles. The summed E-state index contributed by atoms with van der Waals surface area (Å²) in [6.07, 6.45) is 0.635. The van der Waals surface area contributed by atoms with Crippen LogP contribution in [0.15, 0.2) is 53.9 Å². The highest BCUT2D eigenvalue weighted by molar-refractivity contribution is 7.99. The SMILES string of the molecule is COc1cc(OC)cc(C(=O)N2CSCC2C(=O)NCCc2csc(-c3ccccc3)n2)c1. The van der Waals surface area contributed by atoms with Gasteiger partial charge in [-0.05, 0) is 12.1 Å². The van der Waals surface area contributed by atoms with Crippen LogP contribution in [0.3, 0.4) is 0 Å². The molecule has 7 nitrogen and oxygen atoms in total. The second kappa shape index (κ2) is 10.7. The number of benzene rings is 2. The summed E-state index contributed by atoms with van der Waals surface area (Å²) in [6, 6.07) is 14.5. The second-order valence-electron chi connectivity index (χ2n) is 7.44. The summed E-state index contributed by atoms with van der Waals surface area (Å²) in [5, 5.41) is 5.96. The van der Waals surface area contributed by atoms with E-state index >= 15 is 0 Å². The number of methoxy groups -OCH3 is 2. The van der Waals surface area contributed by atoms with Crippen molar-refractivity contribution in [3.05, 3.63) is 65.2 Å². The Balaban J connectivity index is 1.35. The molecule has 0 saturated carbocycles. The Labute approximate surface area is 201 Å². The van der Waals surface area contributed by atoms with Gasteiger partial charge in [-0.2, -0.15) is 0 Å². The number of nitrogens with zero attached hydrogens (tertiary/aromatic N) is 2. The van der Waals surface area contributed by atoms with Crippen LogP contribution in [-0.4, -0.2) is 60.1 Å². The minimum absolute atomic E-state index is 0.151. The highest BCUT2D eigenvalue weighted by Crippen LogP contribution is 2.28. The minimum Gasteiger partial charge on any atom is -0.497 e. The largest absolute Gasteiger partial charge is 0.497 e. The van der Waals surface area contributed by atoms with Gasteiger partial charge in [0.2, 0.25) is 5.91 Å². The zero-order chi connectivity index (χ0) is 23.2. The van der Waals surface area contributed by atoms with Crippen LogP contribution in [0.25, 0.3) is 10.6 Å². The fourth-order valence-corrected chi connectivity index (χ4v) is 5.54. The van der Waals surface area contributed by atoms with Crippen molar-refractivity contribution >= 4 is 34.9 Å². The van der Waals surface area contributed by atoms with Gasteiger partial charge < -0.3 is 19.7 Å². The molecule has 0 aliphatic carbocycles. The molecule has 1 N–H and O–H groups in total. The quantitative estimate of drug-likeness (QED) is 0.526. The number of ether oxygens (including phenoxy) is 2. The summed E-state index contributed by atoms with van der Waals surface area (Å²) in [7, 11) is 3.08. The molecule has 1 aliphatic heterocycles. The first-order valence-corrected chi connectivity index (χ1v) is 12.5. The van der Waals surface area contributed by atoms with Gasteiger partial charge in [-0.1, -0.05) is 30.3 Å². The Morgan fingerprint density at radius 1 is 1.12 bits per heavy atom. The molecule has 1 aliphatic rings. The van der Waals surface area contributed by atoms with Crippen molar-refractivity contribution in [1.29, 1.82) is 0 Å². The molecule has 172 valence electrons. The maximum absolute atomic E-state index is 13.1. The Hall–Kier alpha value is -3.04. The summed E-state index contributed by atoms with van der Waals surface area (Å²) in [5.74, 6) is 1.72. The van der Waals surface area contributed by atoms with Crippen LogP contribution in [0.4, 0.5) is 0 Å². The van der Waals surface area contributed by atoms with E-state index in [1.54, 1.807) is 46.2 Å². The molecule has 33 heavy (non-hydrogen) atoms. The number of hydrogen-bond donors (Lipinski definition) is 1. The van der Waals surface area contributed by atoms with Crippen LogP contribution in [0.5, 0.6) is 11.5 Å². The molecule has 2 aromatic carbocycles. The summed E-state index contributed by atoms with van der Waals surface area (Å²) in [5.41, 5.74) is 2.46. The van der Waals surface area contributed by atoms with Gasteiger partial charge in [0.1, 0.15) is 22.5 Å². The first-order chi connectivity index (χ1) is 16.1. The van der Waals surface area contributed by atoms with Gasteiger partial charge in [0.05, 0.1) is 25.8 Å². The minimum atomic E-state index is -0.519. The van der Waals surface area contributed by atoms with E-state index in [1.165, 1.54) is 14.2 Å². The van der Waals surface area contributed by atoms with Crippen LogP contribution in [0.1, 0.15) is 16.1 Å². The lowest BCUT2D eigenvalue weighted by atomic mass is 10.1. The third kappa shape index (κ3) is 5.48. The summed E-state index contributed by atoms with van der Waals surface area (Å²) >= 11 is 3.16. The van der Waals surface area contributed by atoms with E-state index in [0.717, 1.165) is 16.3 Å². The van der Waals surface area contributed by atoms with E-state index < -0.39 is 6.04 Å². The van der Waals surface area contributed by atoms with Crippen LogP contribution < -0.4 is 14.8 Å². The number of thiazole rings is 1. The molecule has 9 heteroatoms. The zero-order valence-electron chi connectivity index (χ0n) is 18.4. The highest BCUT2D eigenvalue weighted by atomic mass is 32.2. The fraction of sp³-hybridized carbons (Fsp3) is 0.292. The van der Waals surface area contributed by atoms with Gasteiger partial charge >= 0.3 is 0 Å². The first-order valence-electron chi connectivity index (χ1n) is 10.5. The average Bonchev–Trinajstić information content (AvgIpc) is 3.54. The number of carbonyl (C=O) groups is 2. The normalized spacial score (nSPS) is 15.3. The van der Waals surface area contributed by atoms with E-state index in [2.05, 4.69) is 10.3 Å². The smallest absolute Gasteiger partial charge is 0.255 e. The third-order valence-corrected chi connectivity index (χ3v) is 7.25. The van der Waals surface area contributed by atoms with Crippen molar-refractivity contribution in [1.82, 2.24) is 15.2 Å². The highest BCUT2D eigenvalue weighted by Gasteiger charge is 2.35. The van der Waals surface area contributed by atoms with Crippen molar-refractivity contribution in [2.75, 3.05) is 32.4 Å². The molecule has 0 spiro atoms. The summed E-state index contributed by atoms with van der Waals surface area (Å²) in [6.45, 7) is 0.465. The molecular formula is C24H25N3O4S2. The number of nitrogens with one attached hydrogen (secondary N) is 1. The molecule has 1 fully saturated rings. The van der Waals surface area contributed by atoms with Crippen molar-refractivity contribution < 1.29 is 19.1 Å². The van der Waals surface area contributed by atoms with Crippen LogP contribution in [0.2, 0.25) is 0 Å². The van der Waals surface area contributed by atoms with Crippen molar-refractivity contribution in [2.45, 2.75) is 12.5 Å². The van der Waals surface area contributed by atoms with E-state index in [-0.39, 0.29) is 11.8 Å². The topological polar surface area (TPSA) is 80.8 Å². The lowest BCUT2D eigenvalue weighted by Crippen LogP contribution is -2.47. The fourth-order valence-electron chi connectivity index (χ4n) is 3.52. The number of thioether (sulfide) groups is 1. The van der Waals surface area contributed by atoms with Crippen LogP contribution in [0, 0.1) is 0 Å². The van der Waals surface area contributed by atoms with Crippen molar-refractivity contribution in [3.8, 4) is 22.1 Å². The molecule has 4 rings (SSSR count).